The molecule has 4 heterocycles. The lowest BCUT2D eigenvalue weighted by atomic mass is 9.95. The molecule has 0 aromatic rings. The summed E-state index contributed by atoms with van der Waals surface area (Å²) in [6, 6.07) is -2.53. The van der Waals surface area contributed by atoms with Gasteiger partial charge in [-0.15, -0.1) is 0 Å². The van der Waals surface area contributed by atoms with E-state index >= 15 is 0 Å². The van der Waals surface area contributed by atoms with Crippen molar-refractivity contribution in [3.8, 4) is 0 Å². The van der Waals surface area contributed by atoms with Crippen LogP contribution in [0.4, 0.5) is 0 Å². The lowest BCUT2D eigenvalue weighted by Crippen LogP contribution is -2.69. The lowest BCUT2D eigenvalue weighted by Gasteiger charge is -2.49. The summed E-state index contributed by atoms with van der Waals surface area (Å²) in [6.45, 7) is 1.63. The van der Waals surface area contributed by atoms with E-state index in [1.54, 1.807) is 6.08 Å². The molecule has 89 heavy (non-hydrogen) atoms. The van der Waals surface area contributed by atoms with Crippen molar-refractivity contribution in [1.82, 2.24) is 10.6 Å². The summed E-state index contributed by atoms with van der Waals surface area (Å²) < 4.78 is 46.4. The molecule has 0 radical (unpaired) electrons. The number of rotatable bonds is 47. The number of hydrogen-bond acceptors (Lipinski definition) is 23. The van der Waals surface area contributed by atoms with Crippen LogP contribution < -0.4 is 10.6 Å². The highest BCUT2D eigenvalue weighted by Gasteiger charge is 2.56. The standard InChI is InChI=1S/C64H118N2O23/c1-4-6-8-10-12-14-16-18-19-20-21-23-25-27-29-31-33-35-48(73)66-42(43(72)34-32-30-28-26-24-22-17-15-13-11-9-7-5-2)40-82-62-55(79)53(77)58(46(38-69)85-62)87-63-56(80)54(78)59(47(39-70)86-63)88-64-57(81)60(51(75)45(37-68)84-64)89-61-49(65-41(3)71)52(76)50(74)44(36-67)83-61/h32,34,42-47,49-64,67-70,72,74-81H,4-31,33,35-40H2,1-3H3,(H,65,71)(H,66,73)/b34-32+/t42-,43+,44?,45?,46?,47?,49?,50+,51-,52+,53+,54+,55?,56?,57?,58+,59-,60-,61-,62+,63-,64-/m0/s1. The number of allylic oxidation sites excluding steroid dienone is 1. The molecule has 4 rings (SSSR count). The highest BCUT2D eigenvalue weighted by Crippen LogP contribution is 2.35. The number of aliphatic hydroxyl groups excluding tert-OH is 13. The van der Waals surface area contributed by atoms with E-state index in [0.29, 0.717) is 12.8 Å². The Morgan fingerprint density at radius 3 is 1.28 bits per heavy atom. The average Bonchev–Trinajstić information content (AvgIpc) is 1.31. The second-order valence-corrected chi connectivity index (χ2v) is 25.0. The van der Waals surface area contributed by atoms with Crippen molar-refractivity contribution in [1.29, 1.82) is 0 Å². The lowest BCUT2D eigenvalue weighted by molar-refractivity contribution is -0.386. The molecule has 22 atom stereocenters. The molecule has 0 aromatic heterocycles. The van der Waals surface area contributed by atoms with E-state index in [-0.39, 0.29) is 12.3 Å². The second kappa shape index (κ2) is 45.3. The number of ether oxygens (including phenoxy) is 8. The highest BCUT2D eigenvalue weighted by molar-refractivity contribution is 5.76. The molecule has 4 aliphatic rings. The Morgan fingerprint density at radius 2 is 0.820 bits per heavy atom. The molecule has 15 N–H and O–H groups in total. The average molecular weight is 1280 g/mol. The minimum absolute atomic E-state index is 0.218. The molecule has 8 unspecified atom stereocenters. The first-order chi connectivity index (χ1) is 43.0. The van der Waals surface area contributed by atoms with Crippen LogP contribution in [0.2, 0.25) is 0 Å². The van der Waals surface area contributed by atoms with Gasteiger partial charge < -0.3 is 115 Å². The third kappa shape index (κ3) is 27.2. The number of unbranched alkanes of at least 4 members (excludes halogenated alkanes) is 27. The smallest absolute Gasteiger partial charge is 0.220 e. The van der Waals surface area contributed by atoms with Crippen LogP contribution in [0.15, 0.2) is 12.2 Å². The van der Waals surface area contributed by atoms with Gasteiger partial charge in [-0.2, -0.15) is 0 Å². The van der Waals surface area contributed by atoms with Crippen molar-refractivity contribution in [2.75, 3.05) is 33.0 Å². The zero-order valence-corrected chi connectivity index (χ0v) is 53.5. The van der Waals surface area contributed by atoms with Crippen LogP contribution in [0.5, 0.6) is 0 Å². The first kappa shape index (κ1) is 79.3. The topological polar surface area (TPSA) is 395 Å². The van der Waals surface area contributed by atoms with Gasteiger partial charge in [0.15, 0.2) is 25.2 Å². The van der Waals surface area contributed by atoms with Crippen LogP contribution in [0, 0.1) is 0 Å². The Morgan fingerprint density at radius 1 is 0.438 bits per heavy atom. The van der Waals surface area contributed by atoms with E-state index < -0.39 is 174 Å². The normalized spacial score (nSPS) is 33.3. The molecular formula is C64H118N2O23. The second-order valence-electron chi connectivity index (χ2n) is 25.0. The van der Waals surface area contributed by atoms with Gasteiger partial charge in [0.25, 0.3) is 0 Å². The third-order valence-corrected chi connectivity index (χ3v) is 17.6. The van der Waals surface area contributed by atoms with Gasteiger partial charge in [-0.05, 0) is 19.3 Å². The number of hydrogen-bond donors (Lipinski definition) is 15. The van der Waals surface area contributed by atoms with Crippen LogP contribution >= 0.6 is 0 Å². The molecular weight excluding hydrogens is 1160 g/mol. The first-order valence-corrected chi connectivity index (χ1v) is 33.9. The predicted octanol–water partition coefficient (Wildman–Crippen LogP) is 2.56. The SMILES string of the molecule is CCCCCCCCCCCCC/C=C/[C@@H](O)[C@H](CO[C@@H]1OC(CO)[C@@H](O[C@@H]2OC(CO)[C@H](O[C@@H]3OC(CO)[C@H](O)[C@H](O[C@@H]4OC(CO)[C@@H](O)[C@H](O)C4NC(C)=O)C3O)[C@H](O)C2O)[C@H](O)C1O)NC(=O)CCCCCCCCCCCCCCCCCCC. The van der Waals surface area contributed by atoms with Crippen LogP contribution in [0.25, 0.3) is 0 Å². The Bertz CT molecular complexity index is 1860. The molecule has 25 heteroatoms. The monoisotopic (exact) mass is 1280 g/mol. The van der Waals surface area contributed by atoms with Crippen molar-refractivity contribution >= 4 is 11.8 Å². The van der Waals surface area contributed by atoms with Crippen molar-refractivity contribution in [2.24, 2.45) is 0 Å². The molecule has 25 nitrogen and oxygen atoms in total. The fourth-order valence-electron chi connectivity index (χ4n) is 12.1. The first-order valence-electron chi connectivity index (χ1n) is 33.9. The minimum atomic E-state index is -2.09. The number of nitrogens with one attached hydrogen (secondary N) is 2. The van der Waals surface area contributed by atoms with Gasteiger partial charge in [0.1, 0.15) is 97.6 Å². The van der Waals surface area contributed by atoms with Gasteiger partial charge in [0, 0.05) is 13.3 Å². The molecule has 4 aliphatic heterocycles. The predicted molar refractivity (Wildman–Crippen MR) is 326 cm³/mol. The quantitative estimate of drug-likeness (QED) is 0.0307. The molecule has 0 aliphatic carbocycles. The molecule has 2 amide bonds. The summed E-state index contributed by atoms with van der Waals surface area (Å²) >= 11 is 0. The Balaban J connectivity index is 1.32. The number of carbonyl (C=O) groups is 2. The molecule has 4 fully saturated rings. The summed E-state index contributed by atoms with van der Waals surface area (Å²) in [6.07, 6.45) is 2.79. The summed E-state index contributed by atoms with van der Waals surface area (Å²) in [5.41, 5.74) is 0. The van der Waals surface area contributed by atoms with E-state index in [0.717, 1.165) is 51.9 Å². The van der Waals surface area contributed by atoms with Gasteiger partial charge in [0.2, 0.25) is 11.8 Å². The summed E-state index contributed by atoms with van der Waals surface area (Å²) in [5.74, 6) is -1.00. The molecule has 0 saturated carbocycles. The van der Waals surface area contributed by atoms with Gasteiger partial charge in [-0.3, -0.25) is 9.59 Å². The highest BCUT2D eigenvalue weighted by atomic mass is 16.8. The number of aliphatic hydroxyl groups is 13. The maximum Gasteiger partial charge on any atom is 0.220 e. The van der Waals surface area contributed by atoms with Gasteiger partial charge in [0.05, 0.1) is 45.2 Å². The molecule has 4 saturated heterocycles. The molecule has 0 bridgehead atoms. The number of carbonyl (C=O) groups excluding carboxylic acids is 2. The van der Waals surface area contributed by atoms with Gasteiger partial charge in [-0.1, -0.05) is 193 Å². The zero-order chi connectivity index (χ0) is 65.1. The van der Waals surface area contributed by atoms with Crippen LogP contribution in [-0.2, 0) is 47.5 Å². The maximum absolute atomic E-state index is 13.4. The largest absolute Gasteiger partial charge is 0.394 e. The van der Waals surface area contributed by atoms with E-state index in [1.165, 1.54) is 128 Å². The Labute approximate surface area is 528 Å². The van der Waals surface area contributed by atoms with Crippen LogP contribution in [0.3, 0.4) is 0 Å². The summed E-state index contributed by atoms with van der Waals surface area (Å²) in [4.78, 5) is 25.5. The Hall–Kier alpha value is -2.16. The molecule has 0 aromatic carbocycles. The van der Waals surface area contributed by atoms with Crippen LogP contribution in [0.1, 0.15) is 213 Å². The fourth-order valence-corrected chi connectivity index (χ4v) is 12.1. The van der Waals surface area contributed by atoms with E-state index in [2.05, 4.69) is 24.5 Å². The molecule has 0 spiro atoms. The van der Waals surface area contributed by atoms with Crippen molar-refractivity contribution in [3.63, 3.8) is 0 Å². The van der Waals surface area contributed by atoms with E-state index in [1.807, 2.05) is 6.08 Å². The Kier molecular flexibility index (Phi) is 40.3. The van der Waals surface area contributed by atoms with Gasteiger partial charge in [-0.25, -0.2) is 0 Å². The van der Waals surface area contributed by atoms with E-state index in [9.17, 15) is 76.0 Å². The van der Waals surface area contributed by atoms with Crippen molar-refractivity contribution in [2.45, 2.75) is 348 Å². The molecule has 522 valence electrons. The summed E-state index contributed by atoms with van der Waals surface area (Å²) in [7, 11) is 0. The van der Waals surface area contributed by atoms with Crippen molar-refractivity contribution in [3.05, 3.63) is 12.2 Å². The van der Waals surface area contributed by atoms with Crippen LogP contribution in [-0.4, -0.2) is 246 Å². The van der Waals surface area contributed by atoms with Crippen molar-refractivity contribution < 1.29 is 114 Å². The zero-order valence-electron chi connectivity index (χ0n) is 53.5. The fraction of sp³-hybridized carbons (Fsp3) is 0.938. The summed E-state index contributed by atoms with van der Waals surface area (Å²) in [5, 5.41) is 147. The maximum atomic E-state index is 13.4. The van der Waals surface area contributed by atoms with Gasteiger partial charge >= 0.3 is 0 Å². The van der Waals surface area contributed by atoms with E-state index in [4.69, 9.17) is 37.9 Å². The number of amides is 2. The third-order valence-electron chi connectivity index (χ3n) is 17.6. The minimum Gasteiger partial charge on any atom is -0.394 e.